The van der Waals surface area contributed by atoms with Gasteiger partial charge in [0.1, 0.15) is 0 Å². The van der Waals surface area contributed by atoms with Gasteiger partial charge in [0, 0.05) is 0 Å². The molecule has 0 aromatic carbocycles. The second-order valence-electron chi connectivity index (χ2n) is 3.95. The maximum atomic E-state index is 4.86. The van der Waals surface area contributed by atoms with Crippen LogP contribution in [0.3, 0.4) is 0 Å². The van der Waals surface area contributed by atoms with E-state index in [1.807, 2.05) is 0 Å². The van der Waals surface area contributed by atoms with E-state index in [1.165, 1.54) is 57.8 Å². The van der Waals surface area contributed by atoms with Crippen molar-refractivity contribution < 1.29 is 51.4 Å². The van der Waals surface area contributed by atoms with Crippen molar-refractivity contribution in [2.45, 2.75) is 71.1 Å². The Hall–Kier alpha value is 1.95. The summed E-state index contributed by atoms with van der Waals surface area (Å²) in [5.74, 6) is 0. The Morgan fingerprint density at radius 1 is 0.867 bits per heavy atom. The summed E-state index contributed by atoms with van der Waals surface area (Å²) >= 11 is 9.72. The van der Waals surface area contributed by atoms with Crippen LogP contribution >= 0.6 is 12.2 Å². The molecule has 0 aromatic rings. The molecule has 15 heavy (non-hydrogen) atoms. The van der Waals surface area contributed by atoms with E-state index >= 15 is 0 Å². The molecule has 0 N–H and O–H groups in total. The van der Waals surface area contributed by atoms with Gasteiger partial charge >= 0.3 is 51.4 Å². The van der Waals surface area contributed by atoms with Crippen LogP contribution in [0.2, 0.25) is 0 Å². The minimum absolute atomic E-state index is 0. The predicted molar refractivity (Wildman–Crippen MR) is 71.8 cm³/mol. The molecule has 0 bridgehead atoms. The van der Waals surface area contributed by atoms with Crippen LogP contribution in [-0.2, 0) is 12.6 Å². The summed E-state index contributed by atoms with van der Waals surface area (Å²) in [6.07, 6.45) is 13.3. The summed E-state index contributed by atoms with van der Waals surface area (Å²) in [5, 5.41) is 0. The number of hydrogen-bond donors (Lipinski definition) is 0. The van der Waals surface area contributed by atoms with Crippen molar-refractivity contribution in [2.24, 2.45) is 0 Å². The summed E-state index contributed by atoms with van der Waals surface area (Å²) in [5.41, 5.74) is 0. The van der Waals surface area contributed by atoms with Crippen LogP contribution in [-0.4, -0.2) is 4.20 Å². The molecule has 0 atom stereocenters. The van der Waals surface area contributed by atoms with Gasteiger partial charge in [0.05, 0.1) is 0 Å². The molecule has 0 fully saturated rings. The Kier molecular flexibility index (Phi) is 20.5. The van der Waals surface area contributed by atoms with Gasteiger partial charge in [0.2, 0.25) is 0 Å². The Morgan fingerprint density at radius 2 is 1.27 bits per heavy atom. The van der Waals surface area contributed by atoms with Gasteiger partial charge < -0.3 is 24.8 Å². The SMILES string of the molecule is CCCCCCCCCCCC(=S)[S-].[K+]. The molecule has 0 spiro atoms. The van der Waals surface area contributed by atoms with Gasteiger partial charge in [-0.2, -0.15) is 4.20 Å². The van der Waals surface area contributed by atoms with E-state index in [0.29, 0.717) is 0 Å². The summed E-state index contributed by atoms with van der Waals surface area (Å²) < 4.78 is 0.757. The molecule has 0 aliphatic rings. The van der Waals surface area contributed by atoms with E-state index < -0.39 is 0 Å². The first-order valence-electron chi connectivity index (χ1n) is 5.97. The summed E-state index contributed by atoms with van der Waals surface area (Å²) in [6.45, 7) is 2.26. The fourth-order valence-corrected chi connectivity index (χ4v) is 1.87. The standard InChI is InChI=1S/C12H24S2.K/c1-2-3-4-5-6-7-8-9-10-11-12(13)14;/h2-11H2,1H3,(H,13,14);/q;+1/p-1. The van der Waals surface area contributed by atoms with Gasteiger partial charge in [-0.25, -0.2) is 0 Å². The van der Waals surface area contributed by atoms with E-state index in [9.17, 15) is 0 Å². The largest absolute Gasteiger partial charge is 1.00 e. The molecular weight excluding hydrogens is 247 g/mol. The zero-order valence-corrected chi connectivity index (χ0v) is 15.1. The quantitative estimate of drug-likeness (QED) is 0.257. The third-order valence-electron chi connectivity index (χ3n) is 2.48. The van der Waals surface area contributed by atoms with Crippen LogP contribution in [0, 0.1) is 0 Å². The average molecular weight is 271 g/mol. The van der Waals surface area contributed by atoms with Crippen LogP contribution in [0.1, 0.15) is 71.1 Å². The second-order valence-corrected chi connectivity index (χ2v) is 5.19. The fourth-order valence-electron chi connectivity index (χ4n) is 1.58. The molecule has 0 nitrogen and oxygen atoms in total. The first-order valence-corrected chi connectivity index (χ1v) is 6.79. The van der Waals surface area contributed by atoms with E-state index in [-0.39, 0.29) is 51.4 Å². The minimum Gasteiger partial charge on any atom is -0.433 e. The van der Waals surface area contributed by atoms with Crippen molar-refractivity contribution in [1.29, 1.82) is 0 Å². The Morgan fingerprint density at radius 3 is 1.67 bits per heavy atom. The Balaban J connectivity index is 0. The number of unbranched alkanes of at least 4 members (excludes halogenated alkanes) is 8. The molecule has 0 aliphatic heterocycles. The van der Waals surface area contributed by atoms with Gasteiger partial charge in [0.25, 0.3) is 0 Å². The zero-order valence-electron chi connectivity index (χ0n) is 10.4. The van der Waals surface area contributed by atoms with Crippen molar-refractivity contribution in [1.82, 2.24) is 0 Å². The maximum Gasteiger partial charge on any atom is 1.00 e. The topological polar surface area (TPSA) is 0 Å². The minimum atomic E-state index is 0. The van der Waals surface area contributed by atoms with E-state index in [1.54, 1.807) is 0 Å². The molecule has 0 rings (SSSR count). The van der Waals surface area contributed by atoms with Gasteiger partial charge in [-0.05, 0) is 6.42 Å². The summed E-state index contributed by atoms with van der Waals surface area (Å²) in [4.78, 5) is 0. The first-order chi connectivity index (χ1) is 6.77. The van der Waals surface area contributed by atoms with Crippen LogP contribution in [0.15, 0.2) is 0 Å². The van der Waals surface area contributed by atoms with Crippen molar-refractivity contribution in [3.8, 4) is 0 Å². The fraction of sp³-hybridized carbons (Fsp3) is 0.917. The maximum absolute atomic E-state index is 4.86. The predicted octanol–water partition coefficient (Wildman–Crippen LogP) is 1.79. The van der Waals surface area contributed by atoms with Gasteiger partial charge in [-0.3, -0.25) is 0 Å². The monoisotopic (exact) mass is 270 g/mol. The Bertz CT molecular complexity index is 138. The molecule has 0 aliphatic carbocycles. The number of thiocarbonyl (C=S) groups is 1. The molecule has 0 amide bonds. The molecule has 0 saturated carbocycles. The smallest absolute Gasteiger partial charge is 0.433 e. The summed E-state index contributed by atoms with van der Waals surface area (Å²) in [6, 6.07) is 0. The zero-order chi connectivity index (χ0) is 10.6. The van der Waals surface area contributed by atoms with Crippen LogP contribution < -0.4 is 51.4 Å². The van der Waals surface area contributed by atoms with Crippen molar-refractivity contribution in [2.75, 3.05) is 0 Å². The molecule has 0 heterocycles. The van der Waals surface area contributed by atoms with Crippen molar-refractivity contribution in [3.63, 3.8) is 0 Å². The number of rotatable bonds is 10. The van der Waals surface area contributed by atoms with E-state index in [4.69, 9.17) is 24.8 Å². The Labute approximate surface area is 149 Å². The van der Waals surface area contributed by atoms with Crippen LogP contribution in [0.4, 0.5) is 0 Å². The van der Waals surface area contributed by atoms with E-state index in [0.717, 1.165) is 10.6 Å². The van der Waals surface area contributed by atoms with Crippen molar-refractivity contribution in [3.05, 3.63) is 0 Å². The molecule has 0 radical (unpaired) electrons. The second kappa shape index (κ2) is 15.9. The molecule has 0 unspecified atom stereocenters. The molecule has 3 heteroatoms. The third kappa shape index (κ3) is 18.5. The molecule has 0 aromatic heterocycles. The van der Waals surface area contributed by atoms with E-state index in [2.05, 4.69) is 6.92 Å². The average Bonchev–Trinajstić information content (AvgIpc) is 2.15. The van der Waals surface area contributed by atoms with Crippen LogP contribution in [0.5, 0.6) is 0 Å². The normalized spacial score (nSPS) is 9.67. The van der Waals surface area contributed by atoms with Gasteiger partial charge in [0.15, 0.2) is 0 Å². The number of hydrogen-bond acceptors (Lipinski definition) is 2. The van der Waals surface area contributed by atoms with Gasteiger partial charge in [-0.1, -0.05) is 64.7 Å². The third-order valence-corrected chi connectivity index (χ3v) is 2.89. The molecular formula is C12H23KS2. The molecule has 0 saturated heterocycles. The van der Waals surface area contributed by atoms with Crippen molar-refractivity contribution >= 4 is 29.0 Å². The summed E-state index contributed by atoms with van der Waals surface area (Å²) in [7, 11) is 0. The first kappa shape index (κ1) is 19.3. The van der Waals surface area contributed by atoms with Crippen LogP contribution in [0.25, 0.3) is 0 Å². The van der Waals surface area contributed by atoms with Gasteiger partial charge in [-0.15, -0.1) is 0 Å². The molecule has 84 valence electrons.